The smallest absolute Gasteiger partial charge is 0.407 e. The molecule has 0 saturated carbocycles. The Kier molecular flexibility index (Phi) is 19.1. The third-order valence-electron chi connectivity index (χ3n) is 6.53. The molecule has 2 N–H and O–H groups in total. The summed E-state index contributed by atoms with van der Waals surface area (Å²) in [5.41, 5.74) is 0.547. The number of aromatic amines is 1. The van der Waals surface area contributed by atoms with E-state index < -0.39 is 5.60 Å². The molecule has 1 aromatic rings. The lowest BCUT2D eigenvalue weighted by Crippen LogP contribution is -2.47. The lowest BCUT2D eigenvalue weighted by Gasteiger charge is -2.35. The number of H-pyrrole nitrogens is 1. The van der Waals surface area contributed by atoms with Crippen LogP contribution in [-0.4, -0.2) is 148 Å². The van der Waals surface area contributed by atoms with Crippen molar-refractivity contribution in [3.63, 3.8) is 0 Å². The fourth-order valence-corrected chi connectivity index (χ4v) is 4.42. The molecule has 12 nitrogen and oxygen atoms in total. The van der Waals surface area contributed by atoms with Crippen LogP contribution in [0.4, 0.5) is 4.79 Å². The van der Waals surface area contributed by atoms with Crippen LogP contribution in [0.3, 0.4) is 0 Å². The monoisotopic (exact) mass is 594 g/mol. The van der Waals surface area contributed by atoms with Gasteiger partial charge in [0.2, 0.25) is 0 Å². The minimum absolute atomic E-state index is 0.319. The number of piperazine rings is 1. The second-order valence-corrected chi connectivity index (χ2v) is 11.2. The minimum atomic E-state index is -0.485. The predicted octanol–water partition coefficient (Wildman–Crippen LogP) is 1.83. The van der Waals surface area contributed by atoms with Gasteiger partial charge < -0.3 is 38.9 Å². The van der Waals surface area contributed by atoms with E-state index in [0.717, 1.165) is 84.0 Å². The molecule has 0 aromatic carbocycles. The van der Waals surface area contributed by atoms with Crippen molar-refractivity contribution in [2.24, 2.45) is 0 Å². The Morgan fingerprint density at radius 2 is 1.55 bits per heavy atom. The average Bonchev–Trinajstić information content (AvgIpc) is 3.46. The molecule has 240 valence electrons. The number of carbonyl (C=O) groups is 1. The van der Waals surface area contributed by atoms with E-state index in [-0.39, 0.29) is 6.09 Å². The standard InChI is InChI=1S/C30H54N6O6/c1-5-17-38-19-21-40-23-24-41-22-20-39-18-16-35-14-12-34(13-15-35)10-7-11-36(26-28-25-31-27-33-28)9-6-8-32-29(37)42-30(2,3)4/h1,25,27H,6-24,26H2,2-4H3,(H,31,33)(H,32,37). The van der Waals surface area contributed by atoms with E-state index in [1.165, 1.54) is 0 Å². The van der Waals surface area contributed by atoms with Crippen LogP contribution in [0.25, 0.3) is 0 Å². The van der Waals surface area contributed by atoms with Crippen LogP contribution in [-0.2, 0) is 30.2 Å². The number of carbonyl (C=O) groups excluding carboxylic acids is 1. The van der Waals surface area contributed by atoms with E-state index in [1.807, 2.05) is 27.0 Å². The molecule has 1 fully saturated rings. The molecule has 0 atom stereocenters. The molecule has 1 aliphatic rings. The number of aromatic nitrogens is 2. The fraction of sp³-hybridized carbons (Fsp3) is 0.800. The van der Waals surface area contributed by atoms with Crippen molar-refractivity contribution in [1.82, 2.24) is 30.0 Å². The highest BCUT2D eigenvalue weighted by atomic mass is 16.6. The van der Waals surface area contributed by atoms with Crippen LogP contribution < -0.4 is 5.32 Å². The fourth-order valence-electron chi connectivity index (χ4n) is 4.42. The number of terminal acetylenes is 1. The van der Waals surface area contributed by atoms with Crippen molar-refractivity contribution < 1.29 is 28.5 Å². The van der Waals surface area contributed by atoms with Crippen LogP contribution in [0.2, 0.25) is 0 Å². The van der Waals surface area contributed by atoms with Crippen LogP contribution in [0.1, 0.15) is 39.3 Å². The normalized spacial score (nSPS) is 14.7. The van der Waals surface area contributed by atoms with Crippen molar-refractivity contribution in [2.75, 3.05) is 112 Å². The summed E-state index contributed by atoms with van der Waals surface area (Å²) in [5.74, 6) is 2.42. The highest BCUT2D eigenvalue weighted by molar-refractivity contribution is 5.67. The maximum Gasteiger partial charge on any atom is 0.407 e. The lowest BCUT2D eigenvalue weighted by atomic mass is 10.2. The van der Waals surface area contributed by atoms with Crippen LogP contribution >= 0.6 is 0 Å². The highest BCUT2D eigenvalue weighted by Crippen LogP contribution is 2.08. The number of hydrogen-bond acceptors (Lipinski definition) is 10. The predicted molar refractivity (Wildman–Crippen MR) is 162 cm³/mol. The summed E-state index contributed by atoms with van der Waals surface area (Å²) >= 11 is 0. The third-order valence-corrected chi connectivity index (χ3v) is 6.53. The van der Waals surface area contributed by atoms with Crippen molar-refractivity contribution in [1.29, 1.82) is 0 Å². The number of rotatable bonds is 23. The molecule has 0 spiro atoms. The van der Waals surface area contributed by atoms with Crippen molar-refractivity contribution in [2.45, 2.75) is 45.8 Å². The van der Waals surface area contributed by atoms with Gasteiger partial charge in [0.1, 0.15) is 12.2 Å². The molecule has 0 radical (unpaired) electrons. The number of hydrogen-bond donors (Lipinski definition) is 2. The molecule has 0 unspecified atom stereocenters. The Hall–Kier alpha value is -2.24. The van der Waals surface area contributed by atoms with E-state index in [4.69, 9.17) is 30.1 Å². The van der Waals surface area contributed by atoms with Crippen molar-refractivity contribution in [3.8, 4) is 12.3 Å². The number of amides is 1. The zero-order valence-corrected chi connectivity index (χ0v) is 26.1. The number of ether oxygens (including phenoxy) is 5. The molecule has 0 bridgehead atoms. The van der Waals surface area contributed by atoms with Crippen LogP contribution in [0, 0.1) is 12.3 Å². The minimum Gasteiger partial charge on any atom is -0.444 e. The molecule has 1 aromatic heterocycles. The molecule has 12 heteroatoms. The van der Waals surface area contributed by atoms with Crippen molar-refractivity contribution >= 4 is 6.09 Å². The summed E-state index contributed by atoms with van der Waals surface area (Å²) in [5, 5.41) is 2.86. The van der Waals surface area contributed by atoms with E-state index in [2.05, 4.69) is 35.9 Å². The molecule has 1 aliphatic heterocycles. The van der Waals surface area contributed by atoms with Gasteiger partial charge >= 0.3 is 6.09 Å². The number of alkyl carbamates (subject to hydrolysis) is 1. The molecular weight excluding hydrogens is 540 g/mol. The van der Waals surface area contributed by atoms with Gasteiger partial charge in [0.15, 0.2) is 0 Å². The number of nitrogens with zero attached hydrogens (tertiary/aromatic N) is 4. The van der Waals surface area contributed by atoms with Gasteiger partial charge in [-0.3, -0.25) is 9.80 Å². The van der Waals surface area contributed by atoms with Gasteiger partial charge in [0.25, 0.3) is 0 Å². The van der Waals surface area contributed by atoms with E-state index >= 15 is 0 Å². The van der Waals surface area contributed by atoms with Crippen LogP contribution in [0.5, 0.6) is 0 Å². The SMILES string of the molecule is C#CCOCCOCCOCCOCCN1CCN(CCCN(CCCNC(=O)OC(C)(C)C)Cc2c[nH]cn2)CC1. The first-order valence-corrected chi connectivity index (χ1v) is 15.2. The Balaban J connectivity index is 1.49. The average molecular weight is 595 g/mol. The van der Waals surface area contributed by atoms with Gasteiger partial charge in [0.05, 0.1) is 58.3 Å². The summed E-state index contributed by atoms with van der Waals surface area (Å²) in [6.45, 7) is 19.5. The van der Waals surface area contributed by atoms with Gasteiger partial charge in [-0.05, 0) is 46.7 Å². The Labute approximate surface area is 252 Å². The summed E-state index contributed by atoms with van der Waals surface area (Å²) < 4.78 is 27.1. The lowest BCUT2D eigenvalue weighted by molar-refractivity contribution is -0.00261. The number of imidazole rings is 1. The molecule has 2 heterocycles. The topological polar surface area (TPSA) is 114 Å². The Morgan fingerprint density at radius 3 is 2.14 bits per heavy atom. The Bertz CT molecular complexity index is 836. The molecule has 1 saturated heterocycles. The first-order valence-electron chi connectivity index (χ1n) is 15.2. The number of nitrogens with one attached hydrogen (secondary N) is 2. The summed E-state index contributed by atoms with van der Waals surface area (Å²) in [4.78, 5) is 26.8. The first kappa shape index (κ1) is 36.0. The molecule has 2 rings (SSSR count). The zero-order chi connectivity index (χ0) is 30.3. The highest BCUT2D eigenvalue weighted by Gasteiger charge is 2.18. The van der Waals surface area contributed by atoms with Gasteiger partial charge in [-0.1, -0.05) is 5.92 Å². The Morgan fingerprint density at radius 1 is 0.952 bits per heavy atom. The third kappa shape index (κ3) is 19.0. The molecule has 0 aliphatic carbocycles. The van der Waals surface area contributed by atoms with E-state index in [0.29, 0.717) is 52.8 Å². The van der Waals surface area contributed by atoms with Crippen molar-refractivity contribution in [3.05, 3.63) is 18.2 Å². The first-order chi connectivity index (χ1) is 20.4. The molecule has 1 amide bonds. The summed E-state index contributed by atoms with van der Waals surface area (Å²) in [7, 11) is 0. The second kappa shape index (κ2) is 22.3. The van der Waals surface area contributed by atoms with E-state index in [1.54, 1.807) is 6.33 Å². The van der Waals surface area contributed by atoms with Crippen LogP contribution in [0.15, 0.2) is 12.5 Å². The second-order valence-electron chi connectivity index (χ2n) is 11.2. The van der Waals surface area contributed by atoms with Gasteiger partial charge in [-0.15, -0.1) is 6.42 Å². The maximum atomic E-state index is 11.9. The van der Waals surface area contributed by atoms with Gasteiger partial charge in [-0.2, -0.15) is 0 Å². The zero-order valence-electron chi connectivity index (χ0n) is 26.1. The quantitative estimate of drug-likeness (QED) is 0.144. The van der Waals surface area contributed by atoms with Gasteiger partial charge in [-0.25, -0.2) is 9.78 Å². The maximum absolute atomic E-state index is 11.9. The molecule has 42 heavy (non-hydrogen) atoms. The largest absolute Gasteiger partial charge is 0.444 e. The van der Waals surface area contributed by atoms with Gasteiger partial charge in [0, 0.05) is 58.6 Å². The molecular formula is C30H54N6O6. The van der Waals surface area contributed by atoms with E-state index in [9.17, 15) is 4.79 Å². The summed E-state index contributed by atoms with van der Waals surface area (Å²) in [6.07, 6.45) is 10.4. The summed E-state index contributed by atoms with van der Waals surface area (Å²) in [6, 6.07) is 0.